The molecule has 1 N–H and O–H groups in total. The molecule has 2 saturated heterocycles. The molecule has 3 rings (SSSR count). The third kappa shape index (κ3) is 2.33. The first-order valence-electron chi connectivity index (χ1n) is 6.86. The van der Waals surface area contributed by atoms with E-state index < -0.39 is 0 Å². The van der Waals surface area contributed by atoms with Crippen LogP contribution in [0.5, 0.6) is 0 Å². The number of hydrogen-bond donors (Lipinski definition) is 1. The molecule has 2 heterocycles. The van der Waals surface area contributed by atoms with Crippen molar-refractivity contribution in [3.05, 3.63) is 0 Å². The molecule has 0 bridgehead atoms. The van der Waals surface area contributed by atoms with Crippen molar-refractivity contribution in [2.45, 2.75) is 44.2 Å². The maximum atomic E-state index is 12.0. The Hall–Kier alpha value is -0.610. The second-order valence-electron chi connectivity index (χ2n) is 5.51. The van der Waals surface area contributed by atoms with Gasteiger partial charge in [0.25, 0.3) is 0 Å². The Balaban J connectivity index is 1.48. The summed E-state index contributed by atoms with van der Waals surface area (Å²) in [7, 11) is 0. The first-order valence-corrected chi connectivity index (χ1v) is 6.86. The van der Waals surface area contributed by atoms with E-state index in [4.69, 9.17) is 9.47 Å². The average molecular weight is 239 g/mol. The van der Waals surface area contributed by atoms with Crippen LogP contribution in [0.15, 0.2) is 0 Å². The van der Waals surface area contributed by atoms with Crippen LogP contribution in [-0.4, -0.2) is 37.9 Å². The highest BCUT2D eigenvalue weighted by molar-refractivity contribution is 5.76. The van der Waals surface area contributed by atoms with E-state index in [1.165, 1.54) is 19.3 Å². The van der Waals surface area contributed by atoms with Gasteiger partial charge in [0.2, 0.25) is 0 Å². The van der Waals surface area contributed by atoms with Gasteiger partial charge in [-0.05, 0) is 44.1 Å². The van der Waals surface area contributed by atoms with Gasteiger partial charge in [0.15, 0.2) is 0 Å². The Morgan fingerprint density at radius 3 is 3.06 bits per heavy atom. The van der Waals surface area contributed by atoms with Crippen LogP contribution in [0.1, 0.15) is 32.1 Å². The van der Waals surface area contributed by atoms with E-state index >= 15 is 0 Å². The Kier molecular flexibility index (Phi) is 3.34. The summed E-state index contributed by atoms with van der Waals surface area (Å²) in [5.41, 5.74) is 0. The minimum Gasteiger partial charge on any atom is -0.462 e. The zero-order chi connectivity index (χ0) is 11.7. The number of hydrogen-bond acceptors (Lipinski definition) is 4. The number of carbonyl (C=O) groups excluding carboxylic acids is 1. The SMILES string of the molecule is O=C(OCC1CCCO1)C1NCC2CCCC21. The zero-order valence-corrected chi connectivity index (χ0v) is 10.2. The highest BCUT2D eigenvalue weighted by Gasteiger charge is 2.43. The molecule has 1 saturated carbocycles. The number of ether oxygens (including phenoxy) is 2. The Labute approximate surface area is 102 Å². The van der Waals surface area contributed by atoms with Crippen LogP contribution in [0.4, 0.5) is 0 Å². The fourth-order valence-corrected chi connectivity index (χ4v) is 3.49. The monoisotopic (exact) mass is 239 g/mol. The summed E-state index contributed by atoms with van der Waals surface area (Å²) >= 11 is 0. The topological polar surface area (TPSA) is 47.6 Å². The fraction of sp³-hybridized carbons (Fsp3) is 0.923. The Morgan fingerprint density at radius 2 is 2.24 bits per heavy atom. The fourth-order valence-electron chi connectivity index (χ4n) is 3.49. The minimum atomic E-state index is -0.0603. The quantitative estimate of drug-likeness (QED) is 0.749. The molecule has 4 unspecified atom stereocenters. The molecular formula is C13H21NO3. The van der Waals surface area contributed by atoms with E-state index in [1.807, 2.05) is 0 Å². The van der Waals surface area contributed by atoms with E-state index in [2.05, 4.69) is 5.32 Å². The summed E-state index contributed by atoms with van der Waals surface area (Å²) in [5, 5.41) is 3.32. The van der Waals surface area contributed by atoms with Crippen LogP contribution in [-0.2, 0) is 14.3 Å². The predicted octanol–water partition coefficient (Wildman–Crippen LogP) is 1.10. The van der Waals surface area contributed by atoms with Crippen LogP contribution in [0.3, 0.4) is 0 Å². The molecule has 4 heteroatoms. The maximum Gasteiger partial charge on any atom is 0.323 e. The molecule has 3 aliphatic rings. The lowest BCUT2D eigenvalue weighted by atomic mass is 9.94. The number of esters is 1. The van der Waals surface area contributed by atoms with Crippen molar-refractivity contribution in [1.82, 2.24) is 5.32 Å². The van der Waals surface area contributed by atoms with Crippen molar-refractivity contribution in [2.75, 3.05) is 19.8 Å². The lowest BCUT2D eigenvalue weighted by Gasteiger charge is -2.18. The predicted molar refractivity (Wildman–Crippen MR) is 62.6 cm³/mol. The highest BCUT2D eigenvalue weighted by atomic mass is 16.6. The van der Waals surface area contributed by atoms with Crippen LogP contribution in [0.2, 0.25) is 0 Å². The summed E-state index contributed by atoms with van der Waals surface area (Å²) < 4.78 is 10.8. The van der Waals surface area contributed by atoms with E-state index in [9.17, 15) is 4.79 Å². The van der Waals surface area contributed by atoms with Crippen molar-refractivity contribution < 1.29 is 14.3 Å². The molecule has 4 atom stereocenters. The van der Waals surface area contributed by atoms with Gasteiger partial charge in [-0.25, -0.2) is 0 Å². The number of carbonyl (C=O) groups is 1. The van der Waals surface area contributed by atoms with Crippen molar-refractivity contribution in [2.24, 2.45) is 11.8 Å². The Bertz CT molecular complexity index is 288. The number of nitrogens with one attached hydrogen (secondary N) is 1. The summed E-state index contributed by atoms with van der Waals surface area (Å²) in [6.07, 6.45) is 5.98. The van der Waals surface area contributed by atoms with Gasteiger partial charge in [0.05, 0.1) is 6.10 Å². The van der Waals surface area contributed by atoms with Gasteiger partial charge in [-0.1, -0.05) is 6.42 Å². The third-order valence-corrected chi connectivity index (χ3v) is 4.44. The van der Waals surface area contributed by atoms with Gasteiger partial charge in [-0.15, -0.1) is 0 Å². The van der Waals surface area contributed by atoms with Gasteiger partial charge in [0, 0.05) is 6.61 Å². The minimum absolute atomic E-state index is 0.0519. The molecule has 4 nitrogen and oxygen atoms in total. The molecule has 96 valence electrons. The Morgan fingerprint density at radius 1 is 1.29 bits per heavy atom. The highest BCUT2D eigenvalue weighted by Crippen LogP contribution is 2.38. The van der Waals surface area contributed by atoms with Gasteiger partial charge in [0.1, 0.15) is 12.6 Å². The van der Waals surface area contributed by atoms with Gasteiger partial charge in [-0.2, -0.15) is 0 Å². The smallest absolute Gasteiger partial charge is 0.323 e. The third-order valence-electron chi connectivity index (χ3n) is 4.44. The first kappa shape index (κ1) is 11.5. The summed E-state index contributed by atoms with van der Waals surface area (Å²) in [6.45, 7) is 2.24. The van der Waals surface area contributed by atoms with Crippen LogP contribution in [0, 0.1) is 11.8 Å². The van der Waals surface area contributed by atoms with E-state index in [1.54, 1.807) is 0 Å². The van der Waals surface area contributed by atoms with Crippen LogP contribution < -0.4 is 5.32 Å². The second-order valence-corrected chi connectivity index (χ2v) is 5.51. The molecule has 17 heavy (non-hydrogen) atoms. The lowest BCUT2D eigenvalue weighted by Crippen LogP contribution is -2.38. The normalized spacial score (nSPS) is 40.5. The van der Waals surface area contributed by atoms with E-state index in [0.29, 0.717) is 18.4 Å². The molecule has 0 radical (unpaired) electrons. The lowest BCUT2D eigenvalue weighted by molar-refractivity contribution is -0.150. The van der Waals surface area contributed by atoms with E-state index in [0.717, 1.165) is 26.0 Å². The van der Waals surface area contributed by atoms with Crippen molar-refractivity contribution in [3.8, 4) is 0 Å². The molecule has 1 aliphatic carbocycles. The van der Waals surface area contributed by atoms with Gasteiger partial charge < -0.3 is 14.8 Å². The van der Waals surface area contributed by atoms with Crippen molar-refractivity contribution >= 4 is 5.97 Å². The van der Waals surface area contributed by atoms with Crippen molar-refractivity contribution in [1.29, 1.82) is 0 Å². The molecule has 0 aromatic carbocycles. The van der Waals surface area contributed by atoms with Crippen LogP contribution >= 0.6 is 0 Å². The van der Waals surface area contributed by atoms with Crippen LogP contribution in [0.25, 0.3) is 0 Å². The molecule has 0 aromatic rings. The average Bonchev–Trinajstić information content (AvgIpc) is 3.02. The number of rotatable bonds is 3. The van der Waals surface area contributed by atoms with E-state index in [-0.39, 0.29) is 18.1 Å². The largest absolute Gasteiger partial charge is 0.462 e. The van der Waals surface area contributed by atoms with Crippen molar-refractivity contribution in [3.63, 3.8) is 0 Å². The summed E-state index contributed by atoms with van der Waals surface area (Å²) in [4.78, 5) is 12.0. The summed E-state index contributed by atoms with van der Waals surface area (Å²) in [6, 6.07) is -0.0519. The molecule has 3 fully saturated rings. The zero-order valence-electron chi connectivity index (χ0n) is 10.2. The molecular weight excluding hydrogens is 218 g/mol. The number of fused-ring (bicyclic) bond motifs is 1. The molecule has 0 aromatic heterocycles. The molecule has 2 aliphatic heterocycles. The summed E-state index contributed by atoms with van der Waals surface area (Å²) in [5.74, 6) is 1.16. The van der Waals surface area contributed by atoms with Gasteiger partial charge in [-0.3, -0.25) is 4.79 Å². The standard InChI is InChI=1S/C13H21NO3/c15-13(17-8-10-4-2-6-16-10)12-11-5-1-3-9(11)7-14-12/h9-12,14H,1-8H2. The first-order chi connectivity index (χ1) is 8.34. The maximum absolute atomic E-state index is 12.0. The molecule has 0 amide bonds. The molecule has 0 spiro atoms. The van der Waals surface area contributed by atoms with Gasteiger partial charge >= 0.3 is 5.97 Å². The second kappa shape index (κ2) is 4.94.